The van der Waals surface area contributed by atoms with Gasteiger partial charge in [0.25, 0.3) is 0 Å². The van der Waals surface area contributed by atoms with Crippen LogP contribution < -0.4 is 0 Å². The van der Waals surface area contributed by atoms with Gasteiger partial charge in [-0.1, -0.05) is 11.6 Å². The number of amides is 1. The molecule has 1 saturated heterocycles. The lowest BCUT2D eigenvalue weighted by Crippen LogP contribution is -2.49. The normalized spacial score (nSPS) is 18.4. The minimum absolute atomic E-state index is 0.0513. The SMILES string of the molecule is C[C@H](Sc1ccc(Cl)cc1)C(=O)N1CCN(C)CC1. The average molecular weight is 299 g/mol. The summed E-state index contributed by atoms with van der Waals surface area (Å²) in [7, 11) is 2.09. The summed E-state index contributed by atoms with van der Waals surface area (Å²) in [4.78, 5) is 17.6. The van der Waals surface area contributed by atoms with E-state index in [1.54, 1.807) is 11.8 Å². The van der Waals surface area contributed by atoms with E-state index in [-0.39, 0.29) is 11.2 Å². The molecule has 0 spiro atoms. The summed E-state index contributed by atoms with van der Waals surface area (Å²) in [6.07, 6.45) is 0. The minimum Gasteiger partial charge on any atom is -0.339 e. The van der Waals surface area contributed by atoms with Gasteiger partial charge in [0.2, 0.25) is 5.91 Å². The van der Waals surface area contributed by atoms with Gasteiger partial charge in [-0.3, -0.25) is 4.79 Å². The first-order chi connectivity index (χ1) is 9.06. The lowest BCUT2D eigenvalue weighted by Gasteiger charge is -2.33. The average Bonchev–Trinajstić information content (AvgIpc) is 2.41. The van der Waals surface area contributed by atoms with E-state index in [9.17, 15) is 4.79 Å². The molecule has 2 rings (SSSR count). The van der Waals surface area contributed by atoms with Gasteiger partial charge in [0.15, 0.2) is 0 Å². The van der Waals surface area contributed by atoms with Crippen molar-refractivity contribution < 1.29 is 4.79 Å². The fraction of sp³-hybridized carbons (Fsp3) is 0.500. The maximum absolute atomic E-state index is 12.3. The third-order valence-electron chi connectivity index (χ3n) is 3.29. The highest BCUT2D eigenvalue weighted by molar-refractivity contribution is 8.00. The molecule has 3 nitrogen and oxygen atoms in total. The summed E-state index contributed by atoms with van der Waals surface area (Å²) in [6.45, 7) is 5.57. The first-order valence-corrected chi connectivity index (χ1v) is 7.71. The van der Waals surface area contributed by atoms with Crippen molar-refractivity contribution in [1.29, 1.82) is 0 Å². The third-order valence-corrected chi connectivity index (χ3v) is 4.64. The Morgan fingerprint density at radius 2 is 1.79 bits per heavy atom. The van der Waals surface area contributed by atoms with Crippen LogP contribution in [0.1, 0.15) is 6.92 Å². The Morgan fingerprint density at radius 3 is 2.37 bits per heavy atom. The van der Waals surface area contributed by atoms with Crippen molar-refractivity contribution in [2.45, 2.75) is 17.1 Å². The number of hydrogen-bond acceptors (Lipinski definition) is 3. The van der Waals surface area contributed by atoms with Gasteiger partial charge in [-0.05, 0) is 38.2 Å². The smallest absolute Gasteiger partial charge is 0.235 e. The molecule has 104 valence electrons. The number of hydrogen-bond donors (Lipinski definition) is 0. The van der Waals surface area contributed by atoms with Crippen LogP contribution >= 0.6 is 23.4 Å². The van der Waals surface area contributed by atoms with E-state index in [0.717, 1.165) is 36.1 Å². The monoisotopic (exact) mass is 298 g/mol. The third kappa shape index (κ3) is 4.13. The number of piperazine rings is 1. The summed E-state index contributed by atoms with van der Waals surface area (Å²) in [5.41, 5.74) is 0. The molecule has 0 saturated carbocycles. The predicted molar refractivity (Wildman–Crippen MR) is 80.8 cm³/mol. The Labute approximate surface area is 123 Å². The molecule has 1 aromatic rings. The zero-order chi connectivity index (χ0) is 13.8. The van der Waals surface area contributed by atoms with Crippen molar-refractivity contribution >= 4 is 29.3 Å². The second kappa shape index (κ2) is 6.64. The standard InChI is InChI=1S/C14H19ClN2OS/c1-11(19-13-5-3-12(15)4-6-13)14(18)17-9-7-16(2)8-10-17/h3-6,11H,7-10H2,1-2H3/t11-/m0/s1. The summed E-state index contributed by atoms with van der Waals surface area (Å²) >= 11 is 7.45. The summed E-state index contributed by atoms with van der Waals surface area (Å²) in [5.74, 6) is 0.230. The number of nitrogens with zero attached hydrogens (tertiary/aromatic N) is 2. The molecule has 0 unspecified atom stereocenters. The van der Waals surface area contributed by atoms with Gasteiger partial charge in [0.1, 0.15) is 0 Å². The molecule has 1 heterocycles. The number of carbonyl (C=O) groups is 1. The summed E-state index contributed by atoms with van der Waals surface area (Å²) in [5, 5.41) is 0.673. The van der Waals surface area contributed by atoms with E-state index in [1.165, 1.54) is 0 Å². The molecule has 1 fully saturated rings. The summed E-state index contributed by atoms with van der Waals surface area (Å²) in [6, 6.07) is 7.63. The van der Waals surface area contributed by atoms with Crippen LogP contribution in [-0.2, 0) is 4.79 Å². The van der Waals surface area contributed by atoms with Crippen molar-refractivity contribution in [1.82, 2.24) is 9.80 Å². The van der Waals surface area contributed by atoms with E-state index in [1.807, 2.05) is 36.1 Å². The summed E-state index contributed by atoms with van der Waals surface area (Å²) < 4.78 is 0. The molecule has 1 atom stereocenters. The van der Waals surface area contributed by atoms with Crippen LogP contribution in [0.15, 0.2) is 29.2 Å². The highest BCUT2D eigenvalue weighted by atomic mass is 35.5. The van der Waals surface area contributed by atoms with Gasteiger partial charge in [-0.2, -0.15) is 0 Å². The van der Waals surface area contributed by atoms with Crippen LogP contribution in [0.2, 0.25) is 5.02 Å². The van der Waals surface area contributed by atoms with Gasteiger partial charge in [-0.25, -0.2) is 0 Å². The second-order valence-corrected chi connectivity index (χ2v) is 6.69. The highest BCUT2D eigenvalue weighted by Gasteiger charge is 2.24. The Balaban J connectivity index is 1.90. The van der Waals surface area contributed by atoms with Gasteiger partial charge in [-0.15, -0.1) is 11.8 Å². The molecule has 0 bridgehead atoms. The molecule has 5 heteroatoms. The quantitative estimate of drug-likeness (QED) is 0.802. The van der Waals surface area contributed by atoms with E-state index in [0.29, 0.717) is 0 Å². The fourth-order valence-electron chi connectivity index (χ4n) is 2.05. The lowest BCUT2D eigenvalue weighted by molar-refractivity contribution is -0.131. The first-order valence-electron chi connectivity index (χ1n) is 6.46. The number of thioether (sulfide) groups is 1. The van der Waals surface area contributed by atoms with Gasteiger partial charge in [0, 0.05) is 36.1 Å². The van der Waals surface area contributed by atoms with Crippen LogP contribution in [0.5, 0.6) is 0 Å². The molecule has 19 heavy (non-hydrogen) atoms. The number of rotatable bonds is 3. The topological polar surface area (TPSA) is 23.6 Å². The van der Waals surface area contributed by atoms with E-state index in [2.05, 4.69) is 11.9 Å². The van der Waals surface area contributed by atoms with Crippen LogP contribution in [0, 0.1) is 0 Å². The second-order valence-electron chi connectivity index (χ2n) is 4.84. The van der Waals surface area contributed by atoms with Gasteiger partial charge in [0.05, 0.1) is 5.25 Å². The van der Waals surface area contributed by atoms with E-state index < -0.39 is 0 Å². The number of halogens is 1. The molecule has 1 aliphatic rings. The van der Waals surface area contributed by atoms with E-state index in [4.69, 9.17) is 11.6 Å². The molecule has 1 aromatic carbocycles. The minimum atomic E-state index is -0.0513. The number of likely N-dealkylation sites (N-methyl/N-ethyl adjacent to an activating group) is 1. The largest absolute Gasteiger partial charge is 0.339 e. The van der Waals surface area contributed by atoms with Gasteiger partial charge >= 0.3 is 0 Å². The predicted octanol–water partition coefficient (Wildman–Crippen LogP) is 2.59. The molecule has 0 aliphatic carbocycles. The molecule has 0 aromatic heterocycles. The molecule has 0 N–H and O–H groups in total. The fourth-order valence-corrected chi connectivity index (χ4v) is 3.13. The van der Waals surface area contributed by atoms with Crippen molar-refractivity contribution in [3.63, 3.8) is 0 Å². The van der Waals surface area contributed by atoms with Crippen LogP contribution in [0.4, 0.5) is 0 Å². The number of benzene rings is 1. The molecule has 0 radical (unpaired) electrons. The molecule has 1 amide bonds. The van der Waals surface area contributed by atoms with Crippen molar-refractivity contribution in [2.75, 3.05) is 33.2 Å². The Kier molecular flexibility index (Phi) is 5.13. The van der Waals surface area contributed by atoms with Crippen molar-refractivity contribution in [2.24, 2.45) is 0 Å². The van der Waals surface area contributed by atoms with Gasteiger partial charge < -0.3 is 9.80 Å². The highest BCUT2D eigenvalue weighted by Crippen LogP contribution is 2.26. The molecular weight excluding hydrogens is 280 g/mol. The number of carbonyl (C=O) groups excluding carboxylic acids is 1. The first kappa shape index (κ1) is 14.7. The zero-order valence-corrected chi connectivity index (χ0v) is 12.9. The van der Waals surface area contributed by atoms with E-state index >= 15 is 0 Å². The van der Waals surface area contributed by atoms with Crippen LogP contribution in [-0.4, -0.2) is 54.2 Å². The van der Waals surface area contributed by atoms with Crippen LogP contribution in [0.3, 0.4) is 0 Å². The van der Waals surface area contributed by atoms with Crippen molar-refractivity contribution in [3.8, 4) is 0 Å². The lowest BCUT2D eigenvalue weighted by atomic mass is 10.3. The molecule has 1 aliphatic heterocycles. The Bertz CT molecular complexity index is 430. The Hall–Kier alpha value is -0.710. The van der Waals surface area contributed by atoms with Crippen LogP contribution in [0.25, 0.3) is 0 Å². The maximum Gasteiger partial charge on any atom is 0.235 e. The zero-order valence-electron chi connectivity index (χ0n) is 11.3. The maximum atomic E-state index is 12.3. The molecular formula is C14H19ClN2OS. The van der Waals surface area contributed by atoms with Crippen molar-refractivity contribution in [3.05, 3.63) is 29.3 Å². The Morgan fingerprint density at radius 1 is 1.21 bits per heavy atom.